The minimum Gasteiger partial charge on any atom is -0.497 e. The van der Waals surface area contributed by atoms with Crippen molar-refractivity contribution in [3.8, 4) is 11.5 Å². The second-order valence-electron chi connectivity index (χ2n) is 13.6. The Morgan fingerprint density at radius 1 is 0.911 bits per heavy atom. The van der Waals surface area contributed by atoms with E-state index < -0.39 is 41.1 Å². The molecule has 1 aliphatic carbocycles. The third-order valence-corrected chi connectivity index (χ3v) is 10.00. The van der Waals surface area contributed by atoms with Gasteiger partial charge in [-0.15, -0.1) is 0 Å². The second-order valence-corrected chi connectivity index (χ2v) is 13.6. The van der Waals surface area contributed by atoms with Crippen LogP contribution in [0.5, 0.6) is 11.5 Å². The van der Waals surface area contributed by atoms with Crippen molar-refractivity contribution >= 4 is 47.0 Å². The fourth-order valence-corrected chi connectivity index (χ4v) is 6.81. The molecule has 16 heteroatoms. The average Bonchev–Trinajstić information content (AvgIpc) is 3.98. The Morgan fingerprint density at radius 2 is 1.68 bits per heavy atom. The molecular formula is C40H44N6O10. The van der Waals surface area contributed by atoms with E-state index in [0.29, 0.717) is 35.6 Å². The van der Waals surface area contributed by atoms with E-state index in [0.717, 1.165) is 10.5 Å². The molecule has 56 heavy (non-hydrogen) atoms. The van der Waals surface area contributed by atoms with Gasteiger partial charge in [-0.1, -0.05) is 30.3 Å². The Labute approximate surface area is 323 Å². The van der Waals surface area contributed by atoms with E-state index in [1.54, 1.807) is 43.5 Å². The lowest BCUT2D eigenvalue weighted by Crippen LogP contribution is -2.54. The fraction of sp³-hybridized carbons (Fsp3) is 0.375. The molecule has 5 N–H and O–H groups in total. The zero-order valence-corrected chi connectivity index (χ0v) is 31.1. The van der Waals surface area contributed by atoms with E-state index in [1.165, 1.54) is 13.1 Å². The van der Waals surface area contributed by atoms with Gasteiger partial charge in [-0.25, -0.2) is 0 Å². The van der Waals surface area contributed by atoms with Crippen molar-refractivity contribution in [3.63, 3.8) is 0 Å². The smallest absolute Gasteiger partial charge is 0.264 e. The summed E-state index contributed by atoms with van der Waals surface area (Å²) in [5.74, 6) is -2.02. The summed E-state index contributed by atoms with van der Waals surface area (Å²) in [5, 5.41) is 13.6. The van der Waals surface area contributed by atoms with Crippen LogP contribution in [0.1, 0.15) is 70.0 Å². The highest BCUT2D eigenvalue weighted by molar-refractivity contribution is 6.25. The number of imide groups is 2. The molecule has 0 radical (unpaired) electrons. The number of nitrogens with one attached hydrogen (secondary N) is 5. The molecule has 0 aromatic heterocycles. The number of piperidine rings is 1. The van der Waals surface area contributed by atoms with Gasteiger partial charge in [0.2, 0.25) is 29.5 Å². The maximum Gasteiger partial charge on any atom is 0.264 e. The van der Waals surface area contributed by atoms with Crippen LogP contribution in [0.25, 0.3) is 0 Å². The molecule has 6 rings (SSSR count). The SMILES string of the molecule is CNC(=O)C(NC(=O)C1(c2ccc(OC)cc2)CC1)c1cccc(OCCNC(=O)CCOCCNc2cccc3c2C(=O)N(C2CCC(=O)NC2=O)C3=O)c1. The number of hydrogen-bond acceptors (Lipinski definition) is 11. The number of carbonyl (C=O) groups excluding carboxylic acids is 7. The number of rotatable bonds is 18. The van der Waals surface area contributed by atoms with Crippen molar-refractivity contribution in [1.29, 1.82) is 0 Å². The van der Waals surface area contributed by atoms with Gasteiger partial charge < -0.3 is 35.5 Å². The number of benzene rings is 3. The first kappa shape index (κ1) is 39.4. The van der Waals surface area contributed by atoms with Gasteiger partial charge in [-0.3, -0.25) is 43.8 Å². The second kappa shape index (κ2) is 17.5. The molecule has 2 aliphatic heterocycles. The predicted octanol–water partition coefficient (Wildman–Crippen LogP) is 1.75. The topological polar surface area (TPSA) is 211 Å². The first-order valence-electron chi connectivity index (χ1n) is 18.4. The lowest BCUT2D eigenvalue weighted by Gasteiger charge is -2.27. The van der Waals surface area contributed by atoms with Gasteiger partial charge in [0.1, 0.15) is 30.2 Å². The van der Waals surface area contributed by atoms with Gasteiger partial charge in [-0.2, -0.15) is 0 Å². The summed E-state index contributed by atoms with van der Waals surface area (Å²) in [4.78, 5) is 89.9. The highest BCUT2D eigenvalue weighted by Gasteiger charge is 2.52. The summed E-state index contributed by atoms with van der Waals surface area (Å²) in [6, 6.07) is 17.0. The fourth-order valence-electron chi connectivity index (χ4n) is 6.81. The molecule has 0 bridgehead atoms. The Balaban J connectivity index is 0.907. The highest BCUT2D eigenvalue weighted by Crippen LogP contribution is 2.49. The molecule has 2 fully saturated rings. The van der Waals surface area contributed by atoms with Crippen LogP contribution in [-0.2, 0) is 34.1 Å². The molecular weight excluding hydrogens is 724 g/mol. The summed E-state index contributed by atoms with van der Waals surface area (Å²) in [6.45, 7) is 0.984. The molecule has 2 atom stereocenters. The summed E-state index contributed by atoms with van der Waals surface area (Å²) in [6.07, 6.45) is 1.53. The number of likely N-dealkylation sites (N-methyl/N-ethyl adjacent to an activating group) is 1. The van der Waals surface area contributed by atoms with Gasteiger partial charge in [0.15, 0.2) is 0 Å². The van der Waals surface area contributed by atoms with Crippen LogP contribution in [0.4, 0.5) is 5.69 Å². The van der Waals surface area contributed by atoms with E-state index in [4.69, 9.17) is 14.2 Å². The number of hydrogen-bond donors (Lipinski definition) is 5. The first-order valence-corrected chi connectivity index (χ1v) is 18.4. The van der Waals surface area contributed by atoms with E-state index in [1.807, 2.05) is 24.3 Å². The van der Waals surface area contributed by atoms with Gasteiger partial charge in [0.25, 0.3) is 11.8 Å². The van der Waals surface area contributed by atoms with Crippen LogP contribution in [-0.4, -0.2) is 99.4 Å². The van der Waals surface area contributed by atoms with Crippen molar-refractivity contribution in [1.82, 2.24) is 26.2 Å². The van der Waals surface area contributed by atoms with Gasteiger partial charge in [-0.05, 0) is 66.8 Å². The molecule has 1 saturated carbocycles. The Kier molecular flexibility index (Phi) is 12.3. The predicted molar refractivity (Wildman–Crippen MR) is 201 cm³/mol. The van der Waals surface area contributed by atoms with Gasteiger partial charge >= 0.3 is 0 Å². The summed E-state index contributed by atoms with van der Waals surface area (Å²) < 4.78 is 16.7. The Hall–Kier alpha value is -6.29. The van der Waals surface area contributed by atoms with E-state index in [9.17, 15) is 33.6 Å². The largest absolute Gasteiger partial charge is 0.497 e. The number of carbonyl (C=O) groups is 7. The molecule has 3 aromatic carbocycles. The minimum absolute atomic E-state index is 0.0335. The van der Waals surface area contributed by atoms with Crippen molar-refractivity contribution in [3.05, 3.63) is 89.0 Å². The van der Waals surface area contributed by atoms with Crippen LogP contribution in [0.2, 0.25) is 0 Å². The summed E-state index contributed by atoms with van der Waals surface area (Å²) in [7, 11) is 3.09. The van der Waals surface area contributed by atoms with Crippen molar-refractivity contribution in [2.45, 2.75) is 49.6 Å². The van der Waals surface area contributed by atoms with E-state index in [-0.39, 0.29) is 81.0 Å². The molecule has 0 spiro atoms. The molecule has 16 nitrogen and oxygen atoms in total. The van der Waals surface area contributed by atoms with E-state index >= 15 is 0 Å². The Morgan fingerprint density at radius 3 is 2.39 bits per heavy atom. The van der Waals surface area contributed by atoms with Crippen molar-refractivity contribution in [2.75, 3.05) is 52.4 Å². The average molecular weight is 769 g/mol. The number of anilines is 1. The number of fused-ring (bicyclic) bond motifs is 1. The number of ether oxygens (including phenoxy) is 3. The zero-order chi connectivity index (χ0) is 39.8. The maximum atomic E-state index is 13.5. The Bertz CT molecular complexity index is 2010. The zero-order valence-electron chi connectivity index (χ0n) is 31.1. The molecule has 2 unspecified atom stereocenters. The monoisotopic (exact) mass is 768 g/mol. The molecule has 2 heterocycles. The van der Waals surface area contributed by atoms with Gasteiger partial charge in [0.05, 0.1) is 43.4 Å². The molecule has 294 valence electrons. The molecule has 7 amide bonds. The lowest BCUT2D eigenvalue weighted by atomic mass is 9.94. The van der Waals surface area contributed by atoms with Crippen LogP contribution in [0, 0.1) is 0 Å². The summed E-state index contributed by atoms with van der Waals surface area (Å²) >= 11 is 0. The van der Waals surface area contributed by atoms with Gasteiger partial charge in [0, 0.05) is 32.1 Å². The third kappa shape index (κ3) is 8.65. The molecule has 3 aliphatic rings. The molecule has 3 aromatic rings. The maximum absolute atomic E-state index is 13.5. The highest BCUT2D eigenvalue weighted by atomic mass is 16.5. The van der Waals surface area contributed by atoms with Crippen LogP contribution in [0.15, 0.2) is 66.7 Å². The molecule has 1 saturated heterocycles. The van der Waals surface area contributed by atoms with E-state index in [2.05, 4.69) is 26.6 Å². The number of amides is 7. The quantitative estimate of drug-likeness (QED) is 0.0930. The minimum atomic E-state index is -1.05. The standard InChI is InChI=1S/C40H44N6O10/c1-41-36(50)34(45-39(53)40(16-17-40)25-9-11-26(54-2)12-10-25)24-5-3-6-27(23-24)56-22-19-43-31(47)15-20-55-21-18-42-29-8-4-7-28-33(29)38(52)46(37(28)51)30-13-14-32(48)44-35(30)49/h3-12,23,30,34,42H,13-22H2,1-2H3,(H,41,50)(H,43,47)(H,45,53)(H,44,48,49). The van der Waals surface area contributed by atoms with Crippen LogP contribution < -0.4 is 36.1 Å². The van der Waals surface area contributed by atoms with Crippen molar-refractivity contribution in [2.24, 2.45) is 0 Å². The van der Waals surface area contributed by atoms with Crippen LogP contribution >= 0.6 is 0 Å². The normalized spacial score (nSPS) is 17.3. The lowest BCUT2D eigenvalue weighted by molar-refractivity contribution is -0.136. The van der Waals surface area contributed by atoms with Crippen molar-refractivity contribution < 1.29 is 47.8 Å². The summed E-state index contributed by atoms with van der Waals surface area (Å²) in [5.41, 5.74) is 1.44. The number of methoxy groups -OCH3 is 1. The third-order valence-electron chi connectivity index (χ3n) is 10.00. The number of nitrogens with zero attached hydrogens (tertiary/aromatic N) is 1. The van der Waals surface area contributed by atoms with Crippen LogP contribution in [0.3, 0.4) is 0 Å². The first-order chi connectivity index (χ1) is 27.1.